The first-order chi connectivity index (χ1) is 7.09. The predicted molar refractivity (Wildman–Crippen MR) is 60.5 cm³/mol. The van der Waals surface area contributed by atoms with Gasteiger partial charge in [-0.2, -0.15) is 0 Å². The van der Waals surface area contributed by atoms with Crippen molar-refractivity contribution < 1.29 is 9.53 Å². The topological polar surface area (TPSA) is 41.6 Å². The molecule has 0 aliphatic rings. The predicted octanol–water partition coefficient (Wildman–Crippen LogP) is 1.17. The van der Waals surface area contributed by atoms with Crippen molar-refractivity contribution in [3.63, 3.8) is 0 Å². The SMILES string of the molecule is Cc1ccsc1COCC(=O)NN(C)C. The summed E-state index contributed by atoms with van der Waals surface area (Å²) in [6.45, 7) is 2.63. The largest absolute Gasteiger partial charge is 0.366 e. The number of nitrogens with one attached hydrogen (secondary N) is 1. The lowest BCUT2D eigenvalue weighted by atomic mass is 10.3. The van der Waals surface area contributed by atoms with Crippen molar-refractivity contribution in [3.05, 3.63) is 21.9 Å². The minimum absolute atomic E-state index is 0.0928. The molecule has 15 heavy (non-hydrogen) atoms. The highest BCUT2D eigenvalue weighted by atomic mass is 32.1. The second kappa shape index (κ2) is 5.85. The number of rotatable bonds is 5. The molecule has 0 saturated carbocycles. The van der Waals surface area contributed by atoms with E-state index in [4.69, 9.17) is 4.74 Å². The lowest BCUT2D eigenvalue weighted by Crippen LogP contribution is -2.38. The maximum absolute atomic E-state index is 11.2. The first kappa shape index (κ1) is 12.2. The van der Waals surface area contributed by atoms with E-state index < -0.39 is 0 Å². The minimum atomic E-state index is -0.130. The second-order valence-corrected chi connectivity index (χ2v) is 4.45. The van der Waals surface area contributed by atoms with Crippen LogP contribution in [-0.2, 0) is 16.1 Å². The Bertz CT molecular complexity index is 323. The van der Waals surface area contributed by atoms with Crippen molar-refractivity contribution in [2.75, 3.05) is 20.7 Å². The van der Waals surface area contributed by atoms with Crippen LogP contribution in [-0.4, -0.2) is 31.6 Å². The molecule has 4 nitrogen and oxygen atoms in total. The summed E-state index contributed by atoms with van der Waals surface area (Å²) in [5, 5.41) is 3.62. The van der Waals surface area contributed by atoms with E-state index in [1.807, 2.05) is 18.4 Å². The summed E-state index contributed by atoms with van der Waals surface area (Å²) in [6.07, 6.45) is 0. The highest BCUT2D eigenvalue weighted by Crippen LogP contribution is 2.16. The summed E-state index contributed by atoms with van der Waals surface area (Å²) in [4.78, 5) is 12.4. The Morgan fingerprint density at radius 2 is 2.33 bits per heavy atom. The Labute approximate surface area is 93.8 Å². The van der Waals surface area contributed by atoms with Crippen LogP contribution in [0.1, 0.15) is 10.4 Å². The Balaban J connectivity index is 2.22. The Hall–Kier alpha value is -0.910. The number of amides is 1. The smallest absolute Gasteiger partial charge is 0.260 e. The van der Waals surface area contributed by atoms with Crippen LogP contribution in [0.25, 0.3) is 0 Å². The van der Waals surface area contributed by atoms with E-state index in [0.29, 0.717) is 6.61 Å². The summed E-state index contributed by atoms with van der Waals surface area (Å²) in [5.74, 6) is -0.130. The van der Waals surface area contributed by atoms with Crippen molar-refractivity contribution in [3.8, 4) is 0 Å². The number of hydrogen-bond donors (Lipinski definition) is 1. The molecule has 0 spiro atoms. The van der Waals surface area contributed by atoms with Crippen molar-refractivity contribution >= 4 is 17.2 Å². The summed E-state index contributed by atoms with van der Waals surface area (Å²) in [5.41, 5.74) is 3.83. The van der Waals surface area contributed by atoms with Crippen LogP contribution in [0, 0.1) is 6.92 Å². The van der Waals surface area contributed by atoms with Crippen LogP contribution in [0.2, 0.25) is 0 Å². The molecule has 0 atom stereocenters. The Morgan fingerprint density at radius 3 is 2.87 bits per heavy atom. The molecule has 0 aliphatic heterocycles. The number of thiophene rings is 1. The van der Waals surface area contributed by atoms with Gasteiger partial charge in [-0.05, 0) is 23.9 Å². The van der Waals surface area contributed by atoms with Crippen LogP contribution >= 0.6 is 11.3 Å². The average Bonchev–Trinajstić information content (AvgIpc) is 2.50. The van der Waals surface area contributed by atoms with Crippen LogP contribution < -0.4 is 5.43 Å². The summed E-state index contributed by atoms with van der Waals surface area (Å²) in [7, 11) is 3.53. The summed E-state index contributed by atoms with van der Waals surface area (Å²) >= 11 is 1.65. The van der Waals surface area contributed by atoms with Gasteiger partial charge in [0.05, 0.1) is 6.61 Å². The molecule has 1 amide bonds. The fraction of sp³-hybridized carbons (Fsp3) is 0.500. The Kier molecular flexibility index (Phi) is 4.74. The van der Waals surface area contributed by atoms with E-state index in [1.165, 1.54) is 10.4 Å². The van der Waals surface area contributed by atoms with E-state index in [-0.39, 0.29) is 12.5 Å². The molecule has 84 valence electrons. The monoisotopic (exact) mass is 228 g/mol. The second-order valence-electron chi connectivity index (χ2n) is 3.45. The van der Waals surface area contributed by atoms with Gasteiger partial charge >= 0.3 is 0 Å². The highest BCUT2D eigenvalue weighted by molar-refractivity contribution is 7.10. The van der Waals surface area contributed by atoms with E-state index >= 15 is 0 Å². The van der Waals surface area contributed by atoms with Crippen LogP contribution in [0.5, 0.6) is 0 Å². The summed E-state index contributed by atoms with van der Waals surface area (Å²) < 4.78 is 5.29. The van der Waals surface area contributed by atoms with Gasteiger partial charge < -0.3 is 4.74 Å². The molecule has 0 aromatic carbocycles. The molecule has 1 aromatic heterocycles. The average molecular weight is 228 g/mol. The minimum Gasteiger partial charge on any atom is -0.366 e. The first-order valence-electron chi connectivity index (χ1n) is 4.67. The zero-order chi connectivity index (χ0) is 11.3. The molecular formula is C10H16N2O2S. The normalized spacial score (nSPS) is 10.7. The van der Waals surface area contributed by atoms with E-state index in [1.54, 1.807) is 30.4 Å². The third-order valence-electron chi connectivity index (χ3n) is 1.78. The van der Waals surface area contributed by atoms with Crippen LogP contribution in [0.4, 0.5) is 0 Å². The molecule has 0 radical (unpaired) electrons. The third-order valence-corrected chi connectivity index (χ3v) is 2.78. The lowest BCUT2D eigenvalue weighted by molar-refractivity contribution is -0.129. The molecule has 1 rings (SSSR count). The number of carbonyl (C=O) groups is 1. The van der Waals surface area contributed by atoms with Gasteiger partial charge in [0, 0.05) is 19.0 Å². The fourth-order valence-electron chi connectivity index (χ4n) is 1.07. The first-order valence-corrected chi connectivity index (χ1v) is 5.55. The van der Waals surface area contributed by atoms with Gasteiger partial charge in [-0.1, -0.05) is 0 Å². The molecule has 0 aliphatic carbocycles. The molecular weight excluding hydrogens is 212 g/mol. The molecule has 0 bridgehead atoms. The molecule has 0 saturated heterocycles. The van der Waals surface area contributed by atoms with E-state index in [0.717, 1.165) is 0 Å². The van der Waals surface area contributed by atoms with Crippen molar-refractivity contribution in [2.24, 2.45) is 0 Å². The summed E-state index contributed by atoms with van der Waals surface area (Å²) in [6, 6.07) is 2.04. The third kappa shape index (κ3) is 4.42. The van der Waals surface area contributed by atoms with Gasteiger partial charge in [-0.15, -0.1) is 11.3 Å². The molecule has 1 heterocycles. The van der Waals surface area contributed by atoms with Gasteiger partial charge in [-0.3, -0.25) is 10.2 Å². The van der Waals surface area contributed by atoms with Gasteiger partial charge in [0.25, 0.3) is 5.91 Å². The quantitative estimate of drug-likeness (QED) is 0.769. The van der Waals surface area contributed by atoms with Gasteiger partial charge in [0.2, 0.25) is 0 Å². The fourth-order valence-corrected chi connectivity index (χ4v) is 1.91. The maximum atomic E-state index is 11.2. The number of carbonyl (C=O) groups excluding carboxylic acids is 1. The number of aryl methyl sites for hydroxylation is 1. The highest BCUT2D eigenvalue weighted by Gasteiger charge is 2.04. The van der Waals surface area contributed by atoms with Crippen molar-refractivity contribution in [2.45, 2.75) is 13.5 Å². The number of nitrogens with zero attached hydrogens (tertiary/aromatic N) is 1. The number of hydrogen-bond acceptors (Lipinski definition) is 4. The van der Waals surface area contributed by atoms with E-state index in [2.05, 4.69) is 5.43 Å². The zero-order valence-electron chi connectivity index (χ0n) is 9.24. The molecule has 1 aromatic rings. The Morgan fingerprint density at radius 1 is 1.60 bits per heavy atom. The molecule has 1 N–H and O–H groups in total. The van der Waals surface area contributed by atoms with Gasteiger partial charge in [0.1, 0.15) is 6.61 Å². The molecule has 0 fully saturated rings. The molecule has 0 unspecified atom stereocenters. The van der Waals surface area contributed by atoms with Gasteiger partial charge in [0.15, 0.2) is 0 Å². The van der Waals surface area contributed by atoms with Crippen LogP contribution in [0.15, 0.2) is 11.4 Å². The van der Waals surface area contributed by atoms with Crippen molar-refractivity contribution in [1.82, 2.24) is 10.4 Å². The molecule has 5 heteroatoms. The number of hydrazine groups is 1. The van der Waals surface area contributed by atoms with Crippen LogP contribution in [0.3, 0.4) is 0 Å². The number of ether oxygens (including phenoxy) is 1. The van der Waals surface area contributed by atoms with E-state index in [9.17, 15) is 4.79 Å². The maximum Gasteiger partial charge on any atom is 0.260 e. The lowest BCUT2D eigenvalue weighted by Gasteiger charge is -2.11. The zero-order valence-corrected chi connectivity index (χ0v) is 10.1. The van der Waals surface area contributed by atoms with Crippen molar-refractivity contribution in [1.29, 1.82) is 0 Å². The standard InChI is InChI=1S/C10H16N2O2S/c1-8-4-5-15-9(8)6-14-7-10(13)11-12(2)3/h4-5H,6-7H2,1-3H3,(H,11,13). The van der Waals surface area contributed by atoms with Gasteiger partial charge in [-0.25, -0.2) is 5.01 Å².